The number of rotatable bonds is 5. The smallest absolute Gasteiger partial charge is 0.0948 e. The highest BCUT2D eigenvalue weighted by molar-refractivity contribution is 5.38. The van der Waals surface area contributed by atoms with Gasteiger partial charge in [-0.3, -0.25) is 4.68 Å². The van der Waals surface area contributed by atoms with Gasteiger partial charge in [-0.25, -0.2) is 4.98 Å². The third-order valence-electron chi connectivity index (χ3n) is 2.74. The molecule has 17 heavy (non-hydrogen) atoms. The molecular formula is C12H19N5. The molecule has 5 heteroatoms. The highest BCUT2D eigenvalue weighted by atomic mass is 15.3. The molecule has 0 aliphatic heterocycles. The van der Waals surface area contributed by atoms with Gasteiger partial charge in [0.15, 0.2) is 0 Å². The van der Waals surface area contributed by atoms with Gasteiger partial charge in [0.1, 0.15) is 0 Å². The highest BCUT2D eigenvalue weighted by Gasteiger charge is 2.03. The molecule has 0 saturated heterocycles. The van der Waals surface area contributed by atoms with Crippen molar-refractivity contribution in [2.75, 3.05) is 5.32 Å². The quantitative estimate of drug-likeness (QED) is 0.862. The second-order valence-electron chi connectivity index (χ2n) is 4.33. The fourth-order valence-electron chi connectivity index (χ4n) is 1.68. The predicted octanol–water partition coefficient (Wildman–Crippen LogP) is 2.29. The Balaban J connectivity index is 1.97. The van der Waals surface area contributed by atoms with Gasteiger partial charge < -0.3 is 9.88 Å². The molecule has 0 aromatic carbocycles. The number of hydrogen-bond acceptors (Lipinski definition) is 3. The van der Waals surface area contributed by atoms with Crippen LogP contribution in [0.3, 0.4) is 0 Å². The molecule has 2 aromatic heterocycles. The van der Waals surface area contributed by atoms with E-state index in [0.717, 1.165) is 18.8 Å². The van der Waals surface area contributed by atoms with Crippen LogP contribution in [-0.2, 0) is 13.1 Å². The first-order chi connectivity index (χ1) is 8.20. The number of nitrogens with one attached hydrogen (secondary N) is 1. The van der Waals surface area contributed by atoms with Crippen molar-refractivity contribution in [2.24, 2.45) is 0 Å². The Bertz CT molecular complexity index is 469. The van der Waals surface area contributed by atoms with E-state index in [9.17, 15) is 0 Å². The first-order valence-corrected chi connectivity index (χ1v) is 5.97. The van der Waals surface area contributed by atoms with Crippen LogP contribution in [0.5, 0.6) is 0 Å². The molecule has 0 bridgehead atoms. The number of imidazole rings is 1. The van der Waals surface area contributed by atoms with Crippen molar-refractivity contribution in [3.8, 4) is 0 Å². The zero-order chi connectivity index (χ0) is 12.3. The van der Waals surface area contributed by atoms with Crippen LogP contribution < -0.4 is 5.32 Å². The van der Waals surface area contributed by atoms with Crippen molar-refractivity contribution in [3.63, 3.8) is 0 Å². The number of aromatic nitrogens is 4. The van der Waals surface area contributed by atoms with Gasteiger partial charge in [-0.05, 0) is 20.8 Å². The van der Waals surface area contributed by atoms with Crippen LogP contribution in [0.15, 0.2) is 24.9 Å². The molecule has 5 nitrogen and oxygen atoms in total. The van der Waals surface area contributed by atoms with Crippen LogP contribution in [0.2, 0.25) is 0 Å². The van der Waals surface area contributed by atoms with Crippen LogP contribution in [0.1, 0.15) is 32.5 Å². The van der Waals surface area contributed by atoms with Gasteiger partial charge in [-0.2, -0.15) is 5.10 Å². The maximum absolute atomic E-state index is 4.29. The molecule has 2 aromatic rings. The first-order valence-electron chi connectivity index (χ1n) is 5.97. The molecule has 2 rings (SSSR count). The molecule has 0 atom stereocenters. The normalized spacial score (nSPS) is 11.1. The summed E-state index contributed by atoms with van der Waals surface area (Å²) in [7, 11) is 0. The summed E-state index contributed by atoms with van der Waals surface area (Å²) in [5.41, 5.74) is 2.23. The zero-order valence-electron chi connectivity index (χ0n) is 10.6. The number of hydrogen-bond donors (Lipinski definition) is 1. The van der Waals surface area contributed by atoms with E-state index in [0.29, 0.717) is 6.04 Å². The number of aryl methyl sites for hydroxylation is 1. The first kappa shape index (κ1) is 11.7. The second kappa shape index (κ2) is 5.03. The minimum atomic E-state index is 0.395. The maximum Gasteiger partial charge on any atom is 0.0948 e. The Labute approximate surface area is 101 Å². The highest BCUT2D eigenvalue weighted by Crippen LogP contribution is 2.11. The number of nitrogens with zero attached hydrogens (tertiary/aromatic N) is 4. The van der Waals surface area contributed by atoms with E-state index >= 15 is 0 Å². The average Bonchev–Trinajstić information content (AvgIpc) is 2.95. The summed E-state index contributed by atoms with van der Waals surface area (Å²) >= 11 is 0. The summed E-state index contributed by atoms with van der Waals surface area (Å²) in [5, 5.41) is 7.64. The van der Waals surface area contributed by atoms with Gasteiger partial charge in [-0.15, -0.1) is 0 Å². The molecule has 0 amide bonds. The largest absolute Gasteiger partial charge is 0.377 e. The lowest BCUT2D eigenvalue weighted by Crippen LogP contribution is -2.05. The molecule has 0 radical (unpaired) electrons. The fraction of sp³-hybridized carbons (Fsp3) is 0.500. The second-order valence-corrected chi connectivity index (χ2v) is 4.33. The van der Waals surface area contributed by atoms with E-state index in [4.69, 9.17) is 0 Å². The van der Waals surface area contributed by atoms with E-state index in [2.05, 4.69) is 40.7 Å². The Hall–Kier alpha value is -1.78. The molecule has 0 spiro atoms. The number of anilines is 1. The van der Waals surface area contributed by atoms with Crippen molar-refractivity contribution >= 4 is 5.69 Å². The van der Waals surface area contributed by atoms with E-state index < -0.39 is 0 Å². The summed E-state index contributed by atoms with van der Waals surface area (Å²) in [6.07, 6.45) is 7.63. The summed E-state index contributed by atoms with van der Waals surface area (Å²) < 4.78 is 4.07. The van der Waals surface area contributed by atoms with E-state index in [1.165, 1.54) is 5.69 Å². The van der Waals surface area contributed by atoms with Crippen molar-refractivity contribution in [1.29, 1.82) is 0 Å². The SMILES string of the molecule is CCn1cncc1CNc1cnn(C(C)C)c1. The van der Waals surface area contributed by atoms with Crippen LogP contribution in [0.4, 0.5) is 5.69 Å². The molecule has 1 N–H and O–H groups in total. The fourth-order valence-corrected chi connectivity index (χ4v) is 1.68. The molecule has 92 valence electrons. The van der Waals surface area contributed by atoms with Gasteiger partial charge >= 0.3 is 0 Å². The third kappa shape index (κ3) is 2.67. The standard InChI is InChI=1S/C12H19N5/c1-4-16-9-13-6-12(16)7-14-11-5-15-17(8-11)10(2)3/h5-6,8-10,14H,4,7H2,1-3H3. The topological polar surface area (TPSA) is 47.7 Å². The predicted molar refractivity (Wildman–Crippen MR) is 67.8 cm³/mol. The Morgan fingerprint density at radius 1 is 1.35 bits per heavy atom. The summed E-state index contributed by atoms with van der Waals surface area (Å²) in [4.78, 5) is 4.14. The van der Waals surface area contributed by atoms with Crippen molar-refractivity contribution in [3.05, 3.63) is 30.6 Å². The van der Waals surface area contributed by atoms with Crippen molar-refractivity contribution in [1.82, 2.24) is 19.3 Å². The summed E-state index contributed by atoms with van der Waals surface area (Å²) in [6.45, 7) is 8.06. The van der Waals surface area contributed by atoms with Gasteiger partial charge in [0.25, 0.3) is 0 Å². The van der Waals surface area contributed by atoms with Gasteiger partial charge in [0.2, 0.25) is 0 Å². The van der Waals surface area contributed by atoms with Crippen molar-refractivity contribution in [2.45, 2.75) is 39.9 Å². The van der Waals surface area contributed by atoms with Gasteiger partial charge in [-0.1, -0.05) is 0 Å². The molecule has 0 aliphatic carbocycles. The minimum absolute atomic E-state index is 0.395. The van der Waals surface area contributed by atoms with Crippen LogP contribution in [0.25, 0.3) is 0 Å². The Morgan fingerprint density at radius 3 is 2.82 bits per heavy atom. The molecule has 0 fully saturated rings. The lowest BCUT2D eigenvalue weighted by atomic mass is 10.4. The zero-order valence-corrected chi connectivity index (χ0v) is 10.6. The Morgan fingerprint density at radius 2 is 2.18 bits per heavy atom. The molecule has 0 aliphatic rings. The average molecular weight is 233 g/mol. The van der Waals surface area contributed by atoms with E-state index in [1.54, 1.807) is 0 Å². The lowest BCUT2D eigenvalue weighted by molar-refractivity contribution is 0.532. The minimum Gasteiger partial charge on any atom is -0.377 e. The summed E-state index contributed by atoms with van der Waals surface area (Å²) in [5.74, 6) is 0. The van der Waals surface area contributed by atoms with Crippen LogP contribution >= 0.6 is 0 Å². The molecule has 0 saturated carbocycles. The van der Waals surface area contributed by atoms with Crippen LogP contribution in [0, 0.1) is 0 Å². The third-order valence-corrected chi connectivity index (χ3v) is 2.74. The van der Waals surface area contributed by atoms with E-state index in [-0.39, 0.29) is 0 Å². The molecule has 2 heterocycles. The van der Waals surface area contributed by atoms with Crippen molar-refractivity contribution < 1.29 is 0 Å². The van der Waals surface area contributed by atoms with Gasteiger partial charge in [0.05, 0.1) is 30.5 Å². The maximum atomic E-state index is 4.29. The Kier molecular flexibility index (Phi) is 3.46. The van der Waals surface area contributed by atoms with Gasteiger partial charge in [0, 0.05) is 25.0 Å². The molecule has 0 unspecified atom stereocenters. The summed E-state index contributed by atoms with van der Waals surface area (Å²) in [6, 6.07) is 0.395. The monoisotopic (exact) mass is 233 g/mol. The van der Waals surface area contributed by atoms with E-state index in [1.807, 2.05) is 29.6 Å². The lowest BCUT2D eigenvalue weighted by Gasteiger charge is -2.06. The van der Waals surface area contributed by atoms with Crippen LogP contribution in [-0.4, -0.2) is 19.3 Å². The molecular weight excluding hydrogens is 214 g/mol.